The Morgan fingerprint density at radius 2 is 2.15 bits per heavy atom. The molecule has 0 bridgehead atoms. The van der Waals surface area contributed by atoms with Crippen molar-refractivity contribution in [2.45, 2.75) is 26.4 Å². The normalized spacial score (nSPS) is 10.8. The number of benzene rings is 1. The van der Waals surface area contributed by atoms with Crippen molar-refractivity contribution in [3.05, 3.63) is 51.2 Å². The number of nitrogens with zero attached hydrogens (tertiary/aromatic N) is 1. The second-order valence-electron chi connectivity index (χ2n) is 4.77. The molecule has 0 amide bonds. The highest BCUT2D eigenvalue weighted by atomic mass is 35.5. The van der Waals surface area contributed by atoms with Crippen LogP contribution in [0, 0.1) is 0 Å². The van der Waals surface area contributed by atoms with Crippen LogP contribution >= 0.6 is 22.9 Å². The molecule has 0 atom stereocenters. The predicted molar refractivity (Wildman–Crippen MR) is 84.0 cm³/mol. The van der Waals surface area contributed by atoms with Gasteiger partial charge in [-0.15, -0.1) is 11.3 Å². The van der Waals surface area contributed by atoms with Gasteiger partial charge in [0.1, 0.15) is 0 Å². The molecule has 0 aliphatic rings. The van der Waals surface area contributed by atoms with Crippen LogP contribution in [0.25, 0.3) is 0 Å². The van der Waals surface area contributed by atoms with Crippen LogP contribution in [0.4, 0.5) is 5.69 Å². The molecule has 106 valence electrons. The van der Waals surface area contributed by atoms with Crippen LogP contribution in [0.5, 0.6) is 0 Å². The van der Waals surface area contributed by atoms with E-state index < -0.39 is 5.97 Å². The summed E-state index contributed by atoms with van der Waals surface area (Å²) in [6.45, 7) is 4.76. The van der Waals surface area contributed by atoms with E-state index in [-0.39, 0.29) is 11.6 Å². The van der Waals surface area contributed by atoms with Crippen LogP contribution < -0.4 is 4.90 Å². The smallest absolute Gasteiger partial charge is 0.337 e. The highest BCUT2D eigenvalue weighted by Gasteiger charge is 2.19. The first-order chi connectivity index (χ1) is 9.49. The van der Waals surface area contributed by atoms with E-state index >= 15 is 0 Å². The molecule has 1 aromatic carbocycles. The first kappa shape index (κ1) is 14.9. The number of carbonyl (C=O) groups is 1. The molecule has 0 saturated carbocycles. The fourth-order valence-electron chi connectivity index (χ4n) is 2.04. The summed E-state index contributed by atoms with van der Waals surface area (Å²) >= 11 is 7.69. The molecule has 20 heavy (non-hydrogen) atoms. The maximum absolute atomic E-state index is 11.4. The molecule has 1 heterocycles. The van der Waals surface area contributed by atoms with Crippen LogP contribution in [0.2, 0.25) is 5.02 Å². The second-order valence-corrected chi connectivity index (χ2v) is 6.24. The highest BCUT2D eigenvalue weighted by molar-refractivity contribution is 7.09. The lowest BCUT2D eigenvalue weighted by Crippen LogP contribution is -2.31. The Kier molecular flexibility index (Phi) is 4.68. The number of hydrogen-bond donors (Lipinski definition) is 1. The molecule has 2 aromatic rings. The molecule has 0 radical (unpaired) electrons. The molecule has 0 spiro atoms. The summed E-state index contributed by atoms with van der Waals surface area (Å²) in [4.78, 5) is 14.6. The van der Waals surface area contributed by atoms with Gasteiger partial charge in [0.25, 0.3) is 0 Å². The number of aromatic carboxylic acids is 1. The zero-order valence-electron chi connectivity index (χ0n) is 11.3. The average molecular weight is 310 g/mol. The predicted octanol–water partition coefficient (Wildman–Crippen LogP) is 4.51. The van der Waals surface area contributed by atoms with Crippen molar-refractivity contribution in [2.24, 2.45) is 0 Å². The fourth-order valence-corrected chi connectivity index (χ4v) is 2.91. The van der Waals surface area contributed by atoms with Gasteiger partial charge in [-0.2, -0.15) is 0 Å². The maximum atomic E-state index is 11.4. The van der Waals surface area contributed by atoms with Crippen molar-refractivity contribution >= 4 is 34.6 Å². The van der Waals surface area contributed by atoms with Crippen LogP contribution in [0.3, 0.4) is 0 Å². The van der Waals surface area contributed by atoms with Gasteiger partial charge in [0.15, 0.2) is 0 Å². The molecule has 0 aliphatic carbocycles. The van der Waals surface area contributed by atoms with E-state index in [4.69, 9.17) is 11.6 Å². The third-order valence-corrected chi connectivity index (χ3v) is 4.13. The van der Waals surface area contributed by atoms with Crippen LogP contribution in [-0.2, 0) is 6.54 Å². The summed E-state index contributed by atoms with van der Waals surface area (Å²) < 4.78 is 0. The topological polar surface area (TPSA) is 40.5 Å². The summed E-state index contributed by atoms with van der Waals surface area (Å²) in [7, 11) is 0. The average Bonchev–Trinajstić information content (AvgIpc) is 2.87. The monoisotopic (exact) mass is 309 g/mol. The first-order valence-corrected chi connectivity index (χ1v) is 7.56. The van der Waals surface area contributed by atoms with Gasteiger partial charge >= 0.3 is 5.97 Å². The molecular formula is C15H16ClNO2S. The van der Waals surface area contributed by atoms with Gasteiger partial charge in [-0.1, -0.05) is 17.7 Å². The van der Waals surface area contributed by atoms with Crippen LogP contribution in [0.15, 0.2) is 35.7 Å². The van der Waals surface area contributed by atoms with Gasteiger partial charge in [0.05, 0.1) is 17.8 Å². The van der Waals surface area contributed by atoms with Crippen molar-refractivity contribution in [1.82, 2.24) is 0 Å². The standard InChI is InChI=1S/C15H16ClNO2S/c1-10(2)17(9-12-4-3-7-20-12)14-8-11(16)5-6-13(14)15(18)19/h3-8,10H,9H2,1-2H3,(H,18,19). The van der Waals surface area contributed by atoms with Crippen LogP contribution in [0.1, 0.15) is 29.1 Å². The highest BCUT2D eigenvalue weighted by Crippen LogP contribution is 2.29. The number of hydrogen-bond acceptors (Lipinski definition) is 3. The van der Waals surface area contributed by atoms with E-state index in [0.717, 1.165) is 0 Å². The second kappa shape index (κ2) is 6.29. The van der Waals surface area contributed by atoms with E-state index in [1.54, 1.807) is 29.5 Å². The molecular weight excluding hydrogens is 294 g/mol. The summed E-state index contributed by atoms with van der Waals surface area (Å²) in [5, 5.41) is 11.9. The Bertz CT molecular complexity index is 596. The van der Waals surface area contributed by atoms with Gasteiger partial charge < -0.3 is 10.0 Å². The zero-order valence-corrected chi connectivity index (χ0v) is 12.9. The summed E-state index contributed by atoms with van der Waals surface area (Å²) in [6.07, 6.45) is 0. The summed E-state index contributed by atoms with van der Waals surface area (Å²) in [5.74, 6) is -0.937. The summed E-state index contributed by atoms with van der Waals surface area (Å²) in [6, 6.07) is 9.11. The van der Waals surface area contributed by atoms with Crippen molar-refractivity contribution in [2.75, 3.05) is 4.90 Å². The van der Waals surface area contributed by atoms with Gasteiger partial charge in [-0.25, -0.2) is 4.79 Å². The van der Waals surface area contributed by atoms with Gasteiger partial charge in [0.2, 0.25) is 0 Å². The zero-order chi connectivity index (χ0) is 14.7. The summed E-state index contributed by atoms with van der Waals surface area (Å²) in [5.41, 5.74) is 0.938. The quantitative estimate of drug-likeness (QED) is 0.883. The van der Waals surface area contributed by atoms with Crippen LogP contribution in [-0.4, -0.2) is 17.1 Å². The Labute approximate surface area is 127 Å². The lowest BCUT2D eigenvalue weighted by atomic mass is 10.1. The minimum atomic E-state index is -0.937. The van der Waals surface area contributed by atoms with E-state index in [9.17, 15) is 9.90 Å². The molecule has 0 saturated heterocycles. The molecule has 3 nitrogen and oxygen atoms in total. The Morgan fingerprint density at radius 1 is 1.40 bits per heavy atom. The minimum absolute atomic E-state index is 0.175. The maximum Gasteiger partial charge on any atom is 0.337 e. The van der Waals surface area contributed by atoms with E-state index in [1.807, 2.05) is 31.4 Å². The van der Waals surface area contributed by atoms with Crippen molar-refractivity contribution in [1.29, 1.82) is 0 Å². The number of thiophene rings is 1. The Hall–Kier alpha value is -1.52. The minimum Gasteiger partial charge on any atom is -0.478 e. The van der Waals surface area contributed by atoms with Gasteiger partial charge in [0, 0.05) is 15.9 Å². The fraction of sp³-hybridized carbons (Fsp3) is 0.267. The third kappa shape index (κ3) is 3.32. The molecule has 2 rings (SSSR count). The number of rotatable bonds is 5. The lowest BCUT2D eigenvalue weighted by Gasteiger charge is -2.30. The number of halogens is 1. The largest absolute Gasteiger partial charge is 0.478 e. The van der Waals surface area contributed by atoms with E-state index in [2.05, 4.69) is 4.90 Å². The SMILES string of the molecule is CC(C)N(Cc1cccs1)c1cc(Cl)ccc1C(=O)O. The van der Waals surface area contributed by atoms with Crippen molar-refractivity contribution in [3.63, 3.8) is 0 Å². The number of carboxylic acid groups (broad SMARTS) is 1. The molecule has 0 fully saturated rings. The van der Waals surface area contributed by atoms with Gasteiger partial charge in [-0.05, 0) is 43.5 Å². The molecule has 0 aliphatic heterocycles. The van der Waals surface area contributed by atoms with Crippen molar-refractivity contribution in [3.8, 4) is 0 Å². The molecule has 0 unspecified atom stereocenters. The molecule has 1 N–H and O–H groups in total. The lowest BCUT2D eigenvalue weighted by molar-refractivity contribution is 0.0697. The van der Waals surface area contributed by atoms with Crippen molar-refractivity contribution < 1.29 is 9.90 Å². The Balaban J connectivity index is 2.43. The first-order valence-electron chi connectivity index (χ1n) is 6.31. The van der Waals surface area contributed by atoms with E-state index in [1.165, 1.54) is 4.88 Å². The van der Waals surface area contributed by atoms with E-state index in [0.29, 0.717) is 17.3 Å². The number of carboxylic acids is 1. The molecule has 1 aromatic heterocycles. The number of anilines is 1. The Morgan fingerprint density at radius 3 is 2.70 bits per heavy atom. The molecule has 5 heteroatoms. The van der Waals surface area contributed by atoms with Gasteiger partial charge in [-0.3, -0.25) is 0 Å². The third-order valence-electron chi connectivity index (χ3n) is 3.03.